The molecule has 0 saturated carbocycles. The molecule has 0 aliphatic heterocycles. The molecule has 3 rings (SSSR count). The van der Waals surface area contributed by atoms with E-state index in [4.69, 9.17) is 9.84 Å². The molecule has 20 heavy (non-hydrogen) atoms. The van der Waals surface area contributed by atoms with Crippen LogP contribution >= 0.6 is 0 Å². The van der Waals surface area contributed by atoms with Crippen LogP contribution in [0.15, 0.2) is 42.9 Å². The Morgan fingerprint density at radius 1 is 1.40 bits per heavy atom. The third-order valence-corrected chi connectivity index (χ3v) is 2.96. The number of carboxylic acid groups (broad SMARTS) is 1. The molecule has 2 heterocycles. The van der Waals surface area contributed by atoms with Gasteiger partial charge in [-0.05, 0) is 24.3 Å². The van der Waals surface area contributed by atoms with Gasteiger partial charge in [0, 0.05) is 24.2 Å². The lowest BCUT2D eigenvalue weighted by Gasteiger charge is -2.06. The molecule has 0 saturated heterocycles. The van der Waals surface area contributed by atoms with Gasteiger partial charge in [-0.15, -0.1) is 0 Å². The predicted molar refractivity (Wildman–Crippen MR) is 71.9 cm³/mol. The Hall–Kier alpha value is -2.89. The number of hydrogen-bond acceptors (Lipinski definition) is 4. The van der Waals surface area contributed by atoms with E-state index in [9.17, 15) is 4.79 Å². The van der Waals surface area contributed by atoms with Crippen LogP contribution in [-0.4, -0.2) is 32.6 Å². The van der Waals surface area contributed by atoms with Crippen molar-refractivity contribution in [1.29, 1.82) is 0 Å². The van der Waals surface area contributed by atoms with Crippen LogP contribution in [0, 0.1) is 0 Å². The first-order chi connectivity index (χ1) is 9.69. The summed E-state index contributed by atoms with van der Waals surface area (Å²) in [6.45, 7) is 0. The number of nitrogens with zero attached hydrogens (tertiary/aromatic N) is 3. The summed E-state index contributed by atoms with van der Waals surface area (Å²) in [6, 6.07) is 6.50. The minimum atomic E-state index is -0.994. The summed E-state index contributed by atoms with van der Waals surface area (Å²) >= 11 is 0. The Balaban J connectivity index is 2.15. The third kappa shape index (κ3) is 1.97. The van der Waals surface area contributed by atoms with Crippen molar-refractivity contribution in [1.82, 2.24) is 14.4 Å². The van der Waals surface area contributed by atoms with Crippen LogP contribution in [0.25, 0.3) is 17.0 Å². The smallest absolute Gasteiger partial charge is 0.335 e. The summed E-state index contributed by atoms with van der Waals surface area (Å²) < 4.78 is 7.05. The summed E-state index contributed by atoms with van der Waals surface area (Å²) in [5.74, 6) is 0.0479. The zero-order valence-electron chi connectivity index (χ0n) is 10.6. The van der Waals surface area contributed by atoms with Crippen LogP contribution in [-0.2, 0) is 0 Å². The summed E-state index contributed by atoms with van der Waals surface area (Å²) in [5, 5.41) is 9.00. The Bertz CT molecular complexity index is 762. The molecule has 0 fully saturated rings. The number of benzene rings is 1. The minimum Gasteiger partial charge on any atom is -0.496 e. The van der Waals surface area contributed by atoms with Gasteiger partial charge in [0.25, 0.3) is 0 Å². The zero-order valence-corrected chi connectivity index (χ0v) is 10.6. The fourth-order valence-corrected chi connectivity index (χ4v) is 2.00. The van der Waals surface area contributed by atoms with Gasteiger partial charge in [-0.1, -0.05) is 0 Å². The van der Waals surface area contributed by atoms with Crippen molar-refractivity contribution in [3.05, 3.63) is 48.4 Å². The molecule has 6 nitrogen and oxygen atoms in total. The number of aromatic nitrogens is 3. The molecule has 2 aromatic heterocycles. The van der Waals surface area contributed by atoms with Crippen LogP contribution in [0.1, 0.15) is 10.4 Å². The number of fused-ring (bicyclic) bond motifs is 1. The Labute approximate surface area is 114 Å². The Morgan fingerprint density at radius 2 is 2.25 bits per heavy atom. The first-order valence-electron chi connectivity index (χ1n) is 5.90. The molecule has 0 radical (unpaired) electrons. The van der Waals surface area contributed by atoms with Gasteiger partial charge in [-0.2, -0.15) is 0 Å². The maximum absolute atomic E-state index is 11.0. The van der Waals surface area contributed by atoms with Crippen molar-refractivity contribution in [3.8, 4) is 17.0 Å². The number of imidazole rings is 1. The van der Waals surface area contributed by atoms with Gasteiger partial charge in [0.1, 0.15) is 5.75 Å². The maximum atomic E-state index is 11.0. The second kappa shape index (κ2) is 4.65. The van der Waals surface area contributed by atoms with Crippen LogP contribution in [0.4, 0.5) is 0 Å². The Morgan fingerprint density at radius 3 is 2.95 bits per heavy atom. The number of hydrogen-bond donors (Lipinski definition) is 1. The molecule has 3 aromatic rings. The lowest BCUT2D eigenvalue weighted by Crippen LogP contribution is -1.98. The van der Waals surface area contributed by atoms with Crippen molar-refractivity contribution >= 4 is 11.7 Å². The highest BCUT2D eigenvalue weighted by Gasteiger charge is 2.13. The van der Waals surface area contributed by atoms with E-state index in [0.29, 0.717) is 17.2 Å². The minimum absolute atomic E-state index is 0.174. The molecular weight excluding hydrogens is 258 g/mol. The first kappa shape index (κ1) is 12.2. The topological polar surface area (TPSA) is 76.7 Å². The van der Waals surface area contributed by atoms with Gasteiger partial charge in [0.05, 0.1) is 18.4 Å². The molecule has 0 aliphatic rings. The standard InChI is InChI=1S/C14H11N3O3/c1-20-12-7-9(13(18)19)3-4-10(12)11-8-17-6-2-5-15-14(17)16-11/h2-8H,1H3,(H,18,19). The molecule has 100 valence electrons. The van der Waals surface area contributed by atoms with E-state index in [1.807, 2.05) is 18.5 Å². The third-order valence-electron chi connectivity index (χ3n) is 2.96. The average molecular weight is 269 g/mol. The molecule has 0 amide bonds. The van der Waals surface area contributed by atoms with Crippen molar-refractivity contribution < 1.29 is 14.6 Å². The van der Waals surface area contributed by atoms with Crippen molar-refractivity contribution in [2.24, 2.45) is 0 Å². The zero-order chi connectivity index (χ0) is 14.1. The number of methoxy groups -OCH3 is 1. The van der Waals surface area contributed by atoms with E-state index in [1.54, 1.807) is 16.7 Å². The number of carboxylic acids is 1. The van der Waals surface area contributed by atoms with E-state index >= 15 is 0 Å². The molecule has 0 spiro atoms. The Kier molecular flexibility index (Phi) is 2.83. The van der Waals surface area contributed by atoms with Crippen molar-refractivity contribution in [2.45, 2.75) is 0 Å². The number of carbonyl (C=O) groups is 1. The second-order valence-corrected chi connectivity index (χ2v) is 4.17. The molecule has 0 bridgehead atoms. The van der Waals surface area contributed by atoms with Gasteiger partial charge >= 0.3 is 5.97 Å². The second-order valence-electron chi connectivity index (χ2n) is 4.17. The van der Waals surface area contributed by atoms with E-state index in [2.05, 4.69) is 9.97 Å². The number of ether oxygens (including phenoxy) is 1. The van der Waals surface area contributed by atoms with Gasteiger partial charge < -0.3 is 9.84 Å². The number of rotatable bonds is 3. The highest BCUT2D eigenvalue weighted by Crippen LogP contribution is 2.30. The lowest BCUT2D eigenvalue weighted by molar-refractivity contribution is 0.0696. The van der Waals surface area contributed by atoms with Gasteiger partial charge in [-0.25, -0.2) is 14.8 Å². The average Bonchev–Trinajstić information content (AvgIpc) is 2.90. The highest BCUT2D eigenvalue weighted by atomic mass is 16.5. The molecule has 6 heteroatoms. The van der Waals surface area contributed by atoms with Crippen LogP contribution in [0.3, 0.4) is 0 Å². The van der Waals surface area contributed by atoms with Gasteiger partial charge in [-0.3, -0.25) is 4.40 Å². The van der Waals surface area contributed by atoms with Gasteiger partial charge in [0.15, 0.2) is 0 Å². The summed E-state index contributed by atoms with van der Waals surface area (Å²) in [5.41, 5.74) is 1.58. The number of aromatic carboxylic acids is 1. The first-order valence-corrected chi connectivity index (χ1v) is 5.90. The monoisotopic (exact) mass is 269 g/mol. The van der Waals surface area contributed by atoms with Crippen molar-refractivity contribution in [3.63, 3.8) is 0 Å². The molecule has 1 aromatic carbocycles. The highest BCUT2D eigenvalue weighted by molar-refractivity contribution is 5.89. The molecule has 0 aliphatic carbocycles. The largest absolute Gasteiger partial charge is 0.496 e. The summed E-state index contributed by atoms with van der Waals surface area (Å²) in [6.07, 6.45) is 5.33. The van der Waals surface area contributed by atoms with Crippen LogP contribution in [0.2, 0.25) is 0 Å². The maximum Gasteiger partial charge on any atom is 0.335 e. The molecule has 0 atom stereocenters. The fraction of sp³-hybridized carbons (Fsp3) is 0.0714. The van der Waals surface area contributed by atoms with E-state index in [0.717, 1.165) is 5.56 Å². The molecule has 0 unspecified atom stereocenters. The summed E-state index contributed by atoms with van der Waals surface area (Å²) in [7, 11) is 1.50. The normalized spacial score (nSPS) is 10.7. The van der Waals surface area contributed by atoms with Crippen LogP contribution < -0.4 is 4.74 Å². The predicted octanol–water partition coefficient (Wildman–Crippen LogP) is 2.10. The summed E-state index contributed by atoms with van der Waals surface area (Å²) in [4.78, 5) is 19.5. The molecule has 1 N–H and O–H groups in total. The van der Waals surface area contributed by atoms with E-state index in [-0.39, 0.29) is 5.56 Å². The van der Waals surface area contributed by atoms with Crippen molar-refractivity contribution in [2.75, 3.05) is 7.11 Å². The van der Waals surface area contributed by atoms with Crippen LogP contribution in [0.5, 0.6) is 5.75 Å². The van der Waals surface area contributed by atoms with E-state index < -0.39 is 5.97 Å². The molecular formula is C14H11N3O3. The lowest BCUT2D eigenvalue weighted by atomic mass is 10.1. The van der Waals surface area contributed by atoms with E-state index in [1.165, 1.54) is 19.2 Å². The fourth-order valence-electron chi connectivity index (χ4n) is 2.00. The van der Waals surface area contributed by atoms with Gasteiger partial charge in [0.2, 0.25) is 5.78 Å². The quantitative estimate of drug-likeness (QED) is 0.788. The SMILES string of the molecule is COc1cc(C(=O)O)ccc1-c1cn2cccnc2n1.